The van der Waals surface area contributed by atoms with Gasteiger partial charge < -0.3 is 5.11 Å². The summed E-state index contributed by atoms with van der Waals surface area (Å²) in [6.07, 6.45) is 10.3. The predicted octanol–water partition coefficient (Wildman–Crippen LogP) is 5.03. The zero-order valence-electron chi connectivity index (χ0n) is 13.5. The molecule has 0 aromatic carbocycles. The molecule has 112 valence electrons. The lowest BCUT2D eigenvalue weighted by molar-refractivity contribution is -0.0510. The van der Waals surface area contributed by atoms with Crippen molar-refractivity contribution < 1.29 is 5.11 Å². The second-order valence-corrected chi connectivity index (χ2v) is 8.29. The molecule has 19 heavy (non-hydrogen) atoms. The van der Waals surface area contributed by atoms with Crippen LogP contribution in [-0.4, -0.2) is 11.2 Å². The summed E-state index contributed by atoms with van der Waals surface area (Å²) >= 11 is 0. The summed E-state index contributed by atoms with van der Waals surface area (Å²) in [7, 11) is 0. The molecule has 0 radical (unpaired) electrons. The smallest absolute Gasteiger partial charge is 0.0624 e. The van der Waals surface area contributed by atoms with Crippen LogP contribution >= 0.6 is 0 Å². The first kappa shape index (κ1) is 15.4. The standard InChI is InChI=1S/C18H34O/c1-13(2)12-18(7-5-6-8-18)17(19)16-10-14(3)9-15(4)11-16/h13-17,19H,5-12H2,1-4H3. The lowest BCUT2D eigenvalue weighted by atomic mass is 9.64. The van der Waals surface area contributed by atoms with E-state index in [1.165, 1.54) is 51.4 Å². The third-order valence-corrected chi connectivity index (χ3v) is 5.70. The third kappa shape index (κ3) is 3.54. The summed E-state index contributed by atoms with van der Waals surface area (Å²) in [5.41, 5.74) is 0.260. The Morgan fingerprint density at radius 1 is 1.00 bits per heavy atom. The summed E-state index contributed by atoms with van der Waals surface area (Å²) in [5, 5.41) is 11.1. The van der Waals surface area contributed by atoms with E-state index < -0.39 is 0 Å². The molecule has 0 bridgehead atoms. The van der Waals surface area contributed by atoms with E-state index in [4.69, 9.17) is 0 Å². The Balaban J connectivity index is 2.08. The van der Waals surface area contributed by atoms with Crippen LogP contribution in [-0.2, 0) is 0 Å². The van der Waals surface area contributed by atoms with Crippen molar-refractivity contribution in [3.05, 3.63) is 0 Å². The minimum atomic E-state index is -0.0393. The molecular formula is C18H34O. The molecule has 2 fully saturated rings. The van der Waals surface area contributed by atoms with Crippen molar-refractivity contribution in [2.75, 3.05) is 0 Å². The van der Waals surface area contributed by atoms with Crippen molar-refractivity contribution in [3.63, 3.8) is 0 Å². The van der Waals surface area contributed by atoms with E-state index in [0.29, 0.717) is 11.8 Å². The molecule has 0 heterocycles. The van der Waals surface area contributed by atoms with E-state index in [1.54, 1.807) is 0 Å². The minimum Gasteiger partial charge on any atom is -0.392 e. The summed E-state index contributed by atoms with van der Waals surface area (Å²) in [6, 6.07) is 0. The second-order valence-electron chi connectivity index (χ2n) is 8.29. The van der Waals surface area contributed by atoms with Crippen molar-refractivity contribution in [2.45, 2.75) is 85.2 Å². The quantitative estimate of drug-likeness (QED) is 0.757. The Hall–Kier alpha value is -0.0400. The van der Waals surface area contributed by atoms with Gasteiger partial charge in [-0.1, -0.05) is 40.5 Å². The van der Waals surface area contributed by atoms with Gasteiger partial charge in [-0.2, -0.15) is 0 Å². The van der Waals surface area contributed by atoms with Gasteiger partial charge in [0.1, 0.15) is 0 Å². The summed E-state index contributed by atoms with van der Waals surface area (Å²) in [5.74, 6) is 2.89. The van der Waals surface area contributed by atoms with E-state index in [2.05, 4.69) is 27.7 Å². The number of aliphatic hydroxyl groups excluding tert-OH is 1. The zero-order valence-corrected chi connectivity index (χ0v) is 13.5. The maximum atomic E-state index is 11.1. The molecule has 3 unspecified atom stereocenters. The first-order valence-electron chi connectivity index (χ1n) is 8.61. The van der Waals surface area contributed by atoms with Gasteiger partial charge in [0.15, 0.2) is 0 Å². The fraction of sp³-hybridized carbons (Fsp3) is 1.00. The largest absolute Gasteiger partial charge is 0.392 e. The highest BCUT2D eigenvalue weighted by Crippen LogP contribution is 2.50. The van der Waals surface area contributed by atoms with Gasteiger partial charge in [-0.15, -0.1) is 0 Å². The first-order chi connectivity index (χ1) is 8.93. The monoisotopic (exact) mass is 266 g/mol. The number of hydrogen-bond acceptors (Lipinski definition) is 1. The fourth-order valence-corrected chi connectivity index (χ4v) is 5.28. The molecule has 1 nitrogen and oxygen atoms in total. The predicted molar refractivity (Wildman–Crippen MR) is 82.0 cm³/mol. The van der Waals surface area contributed by atoms with E-state index in [0.717, 1.165) is 11.8 Å². The van der Waals surface area contributed by atoms with E-state index in [-0.39, 0.29) is 11.5 Å². The lowest BCUT2D eigenvalue weighted by Gasteiger charge is -2.44. The van der Waals surface area contributed by atoms with Gasteiger partial charge in [-0.25, -0.2) is 0 Å². The van der Waals surface area contributed by atoms with Crippen molar-refractivity contribution >= 4 is 0 Å². The number of rotatable bonds is 4. The topological polar surface area (TPSA) is 20.2 Å². The Labute approximate surface area is 120 Å². The SMILES string of the molecule is CC(C)CC1(C(O)C2CC(C)CC(C)C2)CCCC1. The van der Waals surface area contributed by atoms with Crippen LogP contribution in [0.3, 0.4) is 0 Å². The number of aliphatic hydroxyl groups is 1. The van der Waals surface area contributed by atoms with Crippen LogP contribution < -0.4 is 0 Å². The highest BCUT2D eigenvalue weighted by molar-refractivity contribution is 4.96. The summed E-state index contributed by atoms with van der Waals surface area (Å²) < 4.78 is 0. The first-order valence-corrected chi connectivity index (χ1v) is 8.61. The normalized spacial score (nSPS) is 36.6. The molecule has 3 atom stereocenters. The molecule has 0 aromatic heterocycles. The van der Waals surface area contributed by atoms with Gasteiger partial charge >= 0.3 is 0 Å². The van der Waals surface area contributed by atoms with Gasteiger partial charge in [0.2, 0.25) is 0 Å². The van der Waals surface area contributed by atoms with E-state index >= 15 is 0 Å². The van der Waals surface area contributed by atoms with Crippen molar-refractivity contribution in [1.29, 1.82) is 0 Å². The van der Waals surface area contributed by atoms with E-state index in [1.807, 2.05) is 0 Å². The van der Waals surface area contributed by atoms with Crippen LogP contribution in [0.15, 0.2) is 0 Å². The van der Waals surface area contributed by atoms with Gasteiger partial charge in [0.05, 0.1) is 6.10 Å². The molecule has 0 spiro atoms. The van der Waals surface area contributed by atoms with Gasteiger partial charge in [-0.05, 0) is 67.6 Å². The molecule has 2 saturated carbocycles. The average Bonchev–Trinajstić information content (AvgIpc) is 2.75. The maximum absolute atomic E-state index is 11.1. The van der Waals surface area contributed by atoms with Crippen LogP contribution in [0.2, 0.25) is 0 Å². The third-order valence-electron chi connectivity index (χ3n) is 5.70. The molecule has 1 heteroatoms. The van der Waals surface area contributed by atoms with Crippen molar-refractivity contribution in [3.8, 4) is 0 Å². The molecular weight excluding hydrogens is 232 g/mol. The molecule has 0 aromatic rings. The highest BCUT2D eigenvalue weighted by atomic mass is 16.3. The molecule has 2 rings (SSSR count). The molecule has 0 saturated heterocycles. The van der Waals surface area contributed by atoms with Gasteiger partial charge in [-0.3, -0.25) is 0 Å². The lowest BCUT2D eigenvalue weighted by Crippen LogP contribution is -2.42. The Kier molecular flexibility index (Phi) is 4.98. The summed E-state index contributed by atoms with van der Waals surface area (Å²) in [4.78, 5) is 0. The molecule has 0 amide bonds. The maximum Gasteiger partial charge on any atom is 0.0624 e. The Bertz CT molecular complexity index is 267. The van der Waals surface area contributed by atoms with Crippen LogP contribution in [0.4, 0.5) is 0 Å². The molecule has 0 aliphatic heterocycles. The van der Waals surface area contributed by atoms with Gasteiger partial charge in [0, 0.05) is 0 Å². The van der Waals surface area contributed by atoms with E-state index in [9.17, 15) is 5.11 Å². The van der Waals surface area contributed by atoms with Crippen molar-refractivity contribution in [2.24, 2.45) is 29.1 Å². The van der Waals surface area contributed by atoms with Crippen molar-refractivity contribution in [1.82, 2.24) is 0 Å². The average molecular weight is 266 g/mol. The Morgan fingerprint density at radius 3 is 2.00 bits per heavy atom. The summed E-state index contributed by atoms with van der Waals surface area (Å²) in [6.45, 7) is 9.39. The molecule has 1 N–H and O–H groups in total. The van der Waals surface area contributed by atoms with Crippen LogP contribution in [0.25, 0.3) is 0 Å². The minimum absolute atomic E-state index is 0.0393. The fourth-order valence-electron chi connectivity index (χ4n) is 5.28. The molecule has 2 aliphatic rings. The van der Waals surface area contributed by atoms with Crippen LogP contribution in [0.1, 0.15) is 79.1 Å². The van der Waals surface area contributed by atoms with Crippen LogP contribution in [0, 0.1) is 29.1 Å². The molecule has 2 aliphatic carbocycles. The number of hydrogen-bond donors (Lipinski definition) is 1. The van der Waals surface area contributed by atoms with Gasteiger partial charge in [0.25, 0.3) is 0 Å². The zero-order chi connectivity index (χ0) is 14.0. The Morgan fingerprint density at radius 2 is 1.53 bits per heavy atom. The second kappa shape index (κ2) is 6.16. The van der Waals surface area contributed by atoms with Crippen LogP contribution in [0.5, 0.6) is 0 Å². The highest BCUT2D eigenvalue weighted by Gasteiger charge is 2.45.